The molecule has 0 aromatic heterocycles. The summed E-state index contributed by atoms with van der Waals surface area (Å²) in [5, 5.41) is 3.26. The highest BCUT2D eigenvalue weighted by Crippen LogP contribution is 2.06. The van der Waals surface area contributed by atoms with Gasteiger partial charge < -0.3 is 10.1 Å². The van der Waals surface area contributed by atoms with E-state index in [-0.39, 0.29) is 0 Å². The first-order valence-corrected chi connectivity index (χ1v) is 3.40. The second kappa shape index (κ2) is 3.51. The lowest BCUT2D eigenvalue weighted by atomic mass is 10.1. The molecule has 2 heteroatoms. The van der Waals surface area contributed by atoms with Gasteiger partial charge in [0.1, 0.15) is 6.10 Å². The van der Waals surface area contributed by atoms with E-state index in [2.05, 4.69) is 11.9 Å². The zero-order chi connectivity index (χ0) is 6.53. The first-order valence-electron chi connectivity index (χ1n) is 3.40. The van der Waals surface area contributed by atoms with Crippen molar-refractivity contribution in [3.63, 3.8) is 0 Å². The second-order valence-electron chi connectivity index (χ2n) is 2.25. The molecule has 0 aromatic rings. The summed E-state index contributed by atoms with van der Waals surface area (Å²) in [6, 6.07) is 0. The molecule has 0 bridgehead atoms. The van der Waals surface area contributed by atoms with Crippen LogP contribution in [0.25, 0.3) is 0 Å². The van der Waals surface area contributed by atoms with E-state index in [0.29, 0.717) is 6.10 Å². The Bertz CT molecular complexity index is 86.9. The standard InChI is InChI=1S/C7H13NO/c1-2-9-7-3-5-8-6-4-7/h2,7-8H,1,3-6H2. The van der Waals surface area contributed by atoms with Gasteiger partial charge >= 0.3 is 0 Å². The Kier molecular flexibility index (Phi) is 2.58. The fraction of sp³-hybridized carbons (Fsp3) is 0.714. The molecule has 0 spiro atoms. The minimum Gasteiger partial charge on any atom is -0.499 e. The third-order valence-electron chi connectivity index (χ3n) is 1.57. The molecule has 0 aliphatic carbocycles. The molecule has 0 atom stereocenters. The molecule has 1 rings (SSSR count). The first kappa shape index (κ1) is 6.62. The second-order valence-corrected chi connectivity index (χ2v) is 2.25. The van der Waals surface area contributed by atoms with E-state index >= 15 is 0 Å². The average molecular weight is 127 g/mol. The van der Waals surface area contributed by atoms with E-state index < -0.39 is 0 Å². The number of hydrogen-bond donors (Lipinski definition) is 1. The van der Waals surface area contributed by atoms with Gasteiger partial charge in [-0.2, -0.15) is 0 Å². The van der Waals surface area contributed by atoms with Crippen LogP contribution >= 0.6 is 0 Å². The summed E-state index contributed by atoms with van der Waals surface area (Å²) in [6.07, 6.45) is 4.19. The molecule has 0 aromatic carbocycles. The zero-order valence-electron chi connectivity index (χ0n) is 5.60. The molecule has 2 nitrogen and oxygen atoms in total. The maximum atomic E-state index is 5.21. The van der Waals surface area contributed by atoms with Gasteiger partial charge in [0.25, 0.3) is 0 Å². The summed E-state index contributed by atoms with van der Waals surface area (Å²) < 4.78 is 5.21. The van der Waals surface area contributed by atoms with E-state index in [1.165, 1.54) is 6.26 Å². The van der Waals surface area contributed by atoms with Crippen LogP contribution < -0.4 is 5.32 Å². The highest BCUT2D eigenvalue weighted by molar-refractivity contribution is 4.70. The normalized spacial score (nSPS) is 21.3. The van der Waals surface area contributed by atoms with Crippen molar-refractivity contribution in [2.75, 3.05) is 13.1 Å². The SMILES string of the molecule is C=COC1CCNCC1. The van der Waals surface area contributed by atoms with Crippen molar-refractivity contribution in [3.05, 3.63) is 12.8 Å². The number of ether oxygens (including phenoxy) is 1. The third-order valence-corrected chi connectivity index (χ3v) is 1.57. The van der Waals surface area contributed by atoms with E-state index in [1.807, 2.05) is 0 Å². The molecule has 0 amide bonds. The van der Waals surface area contributed by atoms with E-state index in [0.717, 1.165) is 25.9 Å². The van der Waals surface area contributed by atoms with Gasteiger partial charge in [-0.3, -0.25) is 0 Å². The van der Waals surface area contributed by atoms with Crippen LogP contribution in [-0.4, -0.2) is 19.2 Å². The topological polar surface area (TPSA) is 21.3 Å². The molecule has 1 saturated heterocycles. The molecule has 9 heavy (non-hydrogen) atoms. The Hall–Kier alpha value is -0.500. The molecule has 0 radical (unpaired) electrons. The summed E-state index contributed by atoms with van der Waals surface area (Å²) in [5.74, 6) is 0. The molecule has 0 unspecified atom stereocenters. The van der Waals surface area contributed by atoms with Crippen molar-refractivity contribution in [2.24, 2.45) is 0 Å². The summed E-state index contributed by atoms with van der Waals surface area (Å²) >= 11 is 0. The van der Waals surface area contributed by atoms with E-state index in [9.17, 15) is 0 Å². The molecule has 1 aliphatic heterocycles. The van der Waals surface area contributed by atoms with Crippen LogP contribution in [0.4, 0.5) is 0 Å². The largest absolute Gasteiger partial charge is 0.499 e. The van der Waals surface area contributed by atoms with Crippen molar-refractivity contribution in [1.29, 1.82) is 0 Å². The molecular formula is C7H13NO. The lowest BCUT2D eigenvalue weighted by Gasteiger charge is -2.21. The molecule has 1 aliphatic rings. The quantitative estimate of drug-likeness (QED) is 0.556. The zero-order valence-corrected chi connectivity index (χ0v) is 5.60. The Morgan fingerprint density at radius 3 is 2.67 bits per heavy atom. The van der Waals surface area contributed by atoms with Gasteiger partial charge in [-0.05, 0) is 25.9 Å². The highest BCUT2D eigenvalue weighted by Gasteiger charge is 2.11. The van der Waals surface area contributed by atoms with Gasteiger partial charge in [-0.1, -0.05) is 6.58 Å². The highest BCUT2D eigenvalue weighted by atomic mass is 16.5. The average Bonchev–Trinajstić information content (AvgIpc) is 1.91. The monoisotopic (exact) mass is 127 g/mol. The van der Waals surface area contributed by atoms with Crippen molar-refractivity contribution < 1.29 is 4.74 Å². The lowest BCUT2D eigenvalue weighted by Crippen LogP contribution is -2.31. The van der Waals surface area contributed by atoms with Crippen LogP contribution in [0.2, 0.25) is 0 Å². The molecular weight excluding hydrogens is 114 g/mol. The van der Waals surface area contributed by atoms with Crippen molar-refractivity contribution in [1.82, 2.24) is 5.32 Å². The van der Waals surface area contributed by atoms with Crippen LogP contribution in [0, 0.1) is 0 Å². The number of hydrogen-bond acceptors (Lipinski definition) is 2. The number of piperidine rings is 1. The van der Waals surface area contributed by atoms with Crippen LogP contribution in [0.3, 0.4) is 0 Å². The Labute approximate surface area is 55.9 Å². The number of rotatable bonds is 2. The molecule has 1 N–H and O–H groups in total. The Morgan fingerprint density at radius 1 is 1.44 bits per heavy atom. The van der Waals surface area contributed by atoms with E-state index in [4.69, 9.17) is 4.74 Å². The van der Waals surface area contributed by atoms with Crippen LogP contribution in [0.1, 0.15) is 12.8 Å². The van der Waals surface area contributed by atoms with Crippen LogP contribution in [0.15, 0.2) is 12.8 Å². The summed E-state index contributed by atoms with van der Waals surface area (Å²) in [4.78, 5) is 0. The van der Waals surface area contributed by atoms with Crippen LogP contribution in [0.5, 0.6) is 0 Å². The predicted molar refractivity (Wildman–Crippen MR) is 37.2 cm³/mol. The Balaban J connectivity index is 2.15. The van der Waals surface area contributed by atoms with Crippen molar-refractivity contribution >= 4 is 0 Å². The maximum Gasteiger partial charge on any atom is 0.100 e. The van der Waals surface area contributed by atoms with Crippen LogP contribution in [-0.2, 0) is 4.74 Å². The lowest BCUT2D eigenvalue weighted by molar-refractivity contribution is 0.113. The predicted octanol–water partition coefficient (Wildman–Crippen LogP) is 0.898. The van der Waals surface area contributed by atoms with Gasteiger partial charge in [0, 0.05) is 0 Å². The number of nitrogens with one attached hydrogen (secondary N) is 1. The van der Waals surface area contributed by atoms with Gasteiger partial charge in [-0.25, -0.2) is 0 Å². The van der Waals surface area contributed by atoms with Crippen molar-refractivity contribution in [2.45, 2.75) is 18.9 Å². The molecule has 52 valence electrons. The minimum absolute atomic E-state index is 0.420. The van der Waals surface area contributed by atoms with Crippen molar-refractivity contribution in [3.8, 4) is 0 Å². The van der Waals surface area contributed by atoms with Gasteiger partial charge in [0.2, 0.25) is 0 Å². The summed E-state index contributed by atoms with van der Waals surface area (Å²) in [5.41, 5.74) is 0. The maximum absolute atomic E-state index is 5.21. The van der Waals surface area contributed by atoms with E-state index in [1.54, 1.807) is 0 Å². The summed E-state index contributed by atoms with van der Waals surface area (Å²) in [6.45, 7) is 5.68. The smallest absolute Gasteiger partial charge is 0.100 e. The van der Waals surface area contributed by atoms with Gasteiger partial charge in [-0.15, -0.1) is 0 Å². The van der Waals surface area contributed by atoms with Gasteiger partial charge in [0.15, 0.2) is 0 Å². The summed E-state index contributed by atoms with van der Waals surface area (Å²) in [7, 11) is 0. The molecule has 1 fully saturated rings. The third kappa shape index (κ3) is 2.06. The molecule has 1 heterocycles. The first-order chi connectivity index (χ1) is 4.43. The van der Waals surface area contributed by atoms with Gasteiger partial charge in [0.05, 0.1) is 6.26 Å². The molecule has 0 saturated carbocycles. The minimum atomic E-state index is 0.420. The fourth-order valence-corrected chi connectivity index (χ4v) is 1.07. The fourth-order valence-electron chi connectivity index (χ4n) is 1.07. The Morgan fingerprint density at radius 2 is 2.11 bits per heavy atom.